The predicted molar refractivity (Wildman–Crippen MR) is 58.3 cm³/mol. The predicted octanol–water partition coefficient (Wildman–Crippen LogP) is 3.98. The molecule has 13 heavy (non-hydrogen) atoms. The average Bonchev–Trinajstić information content (AvgIpc) is 2.18. The molecule has 0 nitrogen and oxygen atoms in total. The molecule has 1 radical (unpaired) electrons. The summed E-state index contributed by atoms with van der Waals surface area (Å²) in [4.78, 5) is 0. The number of hydrogen-bond acceptors (Lipinski definition) is 0. The van der Waals surface area contributed by atoms with E-state index in [1.165, 1.54) is 0 Å². The maximum absolute atomic E-state index is 3.29. The molecule has 0 N–H and O–H groups in total. The average molecular weight is 173 g/mol. The van der Waals surface area contributed by atoms with Crippen molar-refractivity contribution in [1.29, 1.82) is 0 Å². The highest BCUT2D eigenvalue weighted by Gasteiger charge is 1.80. The molecule has 0 aromatic rings. The van der Waals surface area contributed by atoms with Gasteiger partial charge >= 0.3 is 0 Å². The van der Waals surface area contributed by atoms with Crippen LogP contribution in [0.3, 0.4) is 0 Å². The van der Waals surface area contributed by atoms with Crippen molar-refractivity contribution >= 4 is 0 Å². The fourth-order valence-electron chi connectivity index (χ4n) is 1.17. The van der Waals surface area contributed by atoms with E-state index in [4.69, 9.17) is 0 Å². The Morgan fingerprint density at radius 3 is 2.69 bits per heavy atom. The number of allylic oxidation sites excluding steroid dienone is 8. The standard InChI is InChI=1S/C13H17/c1-2-4-6-8-10-12-13-11-9-7-5-3-1/h1-4,7,9-10H,5-6,8,11,13H2/b3-1-,4-2+,9-7-,12-10?. The summed E-state index contributed by atoms with van der Waals surface area (Å²) in [6, 6.07) is 0. The van der Waals surface area contributed by atoms with E-state index in [-0.39, 0.29) is 0 Å². The molecule has 0 aromatic heterocycles. The second kappa shape index (κ2) is 7.60. The lowest BCUT2D eigenvalue weighted by molar-refractivity contribution is 0.982. The zero-order chi connectivity index (χ0) is 9.19. The topological polar surface area (TPSA) is 0 Å². The molecule has 0 fully saturated rings. The zero-order valence-electron chi connectivity index (χ0n) is 8.08. The summed E-state index contributed by atoms with van der Waals surface area (Å²) in [6.07, 6.45) is 24.0. The van der Waals surface area contributed by atoms with Crippen LogP contribution in [0.15, 0.2) is 42.5 Å². The summed E-state index contributed by atoms with van der Waals surface area (Å²) in [5.41, 5.74) is 0. The molecule has 0 aliphatic heterocycles. The van der Waals surface area contributed by atoms with Gasteiger partial charge in [-0.15, -0.1) is 0 Å². The van der Waals surface area contributed by atoms with E-state index in [2.05, 4.69) is 48.6 Å². The molecule has 0 amide bonds. The minimum absolute atomic E-state index is 1.05. The first-order chi connectivity index (χ1) is 6.50. The normalized spacial score (nSPS) is 28.9. The lowest BCUT2D eigenvalue weighted by Crippen LogP contribution is -1.67. The Labute approximate surface area is 81.4 Å². The molecular weight excluding hydrogens is 156 g/mol. The fraction of sp³-hybridized carbons (Fsp3) is 0.385. The summed E-state index contributed by atoms with van der Waals surface area (Å²) in [6.45, 7) is 0. The van der Waals surface area contributed by atoms with Crippen LogP contribution < -0.4 is 0 Å². The molecule has 0 bridgehead atoms. The molecule has 1 aliphatic rings. The van der Waals surface area contributed by atoms with Crippen molar-refractivity contribution in [3.8, 4) is 0 Å². The maximum Gasteiger partial charge on any atom is -0.0166 e. The minimum atomic E-state index is 1.05. The molecule has 1 rings (SSSR count). The van der Waals surface area contributed by atoms with Gasteiger partial charge in [0, 0.05) is 0 Å². The smallest absolute Gasteiger partial charge is 0.0166 e. The molecule has 0 atom stereocenters. The van der Waals surface area contributed by atoms with Gasteiger partial charge < -0.3 is 0 Å². The van der Waals surface area contributed by atoms with Crippen LogP contribution in [0.4, 0.5) is 0 Å². The summed E-state index contributed by atoms with van der Waals surface area (Å²) in [7, 11) is 0. The lowest BCUT2D eigenvalue weighted by Gasteiger charge is -1.86. The Hall–Kier alpha value is -1.04. The molecule has 69 valence electrons. The van der Waals surface area contributed by atoms with E-state index in [1.807, 2.05) is 0 Å². The highest BCUT2D eigenvalue weighted by molar-refractivity contribution is 5.05. The van der Waals surface area contributed by atoms with Crippen LogP contribution in [0.2, 0.25) is 0 Å². The van der Waals surface area contributed by atoms with E-state index in [1.54, 1.807) is 0 Å². The van der Waals surface area contributed by atoms with Crippen LogP contribution >= 0.6 is 0 Å². The second-order valence-corrected chi connectivity index (χ2v) is 3.09. The summed E-state index contributed by atoms with van der Waals surface area (Å²) < 4.78 is 0. The van der Waals surface area contributed by atoms with Crippen molar-refractivity contribution in [2.75, 3.05) is 0 Å². The largest absolute Gasteiger partial charge is 0.0879 e. The van der Waals surface area contributed by atoms with E-state index in [0.717, 1.165) is 32.1 Å². The van der Waals surface area contributed by atoms with Crippen LogP contribution in [-0.4, -0.2) is 0 Å². The van der Waals surface area contributed by atoms with Crippen LogP contribution in [0.5, 0.6) is 0 Å². The highest BCUT2D eigenvalue weighted by Crippen LogP contribution is 1.99. The summed E-state index contributed by atoms with van der Waals surface area (Å²) in [5, 5.41) is 0. The van der Waals surface area contributed by atoms with Gasteiger partial charge in [-0.05, 0) is 38.2 Å². The van der Waals surface area contributed by atoms with E-state index < -0.39 is 0 Å². The third-order valence-electron chi connectivity index (χ3n) is 1.90. The van der Waals surface area contributed by atoms with Gasteiger partial charge in [0.05, 0.1) is 0 Å². The quantitative estimate of drug-likeness (QED) is 0.486. The van der Waals surface area contributed by atoms with Crippen molar-refractivity contribution in [3.63, 3.8) is 0 Å². The van der Waals surface area contributed by atoms with Gasteiger partial charge in [0.25, 0.3) is 0 Å². The van der Waals surface area contributed by atoms with Crippen molar-refractivity contribution in [1.82, 2.24) is 0 Å². The lowest BCUT2D eigenvalue weighted by atomic mass is 10.2. The summed E-state index contributed by atoms with van der Waals surface area (Å²) in [5.74, 6) is 0. The monoisotopic (exact) mass is 173 g/mol. The maximum atomic E-state index is 3.29. The van der Waals surface area contributed by atoms with Gasteiger partial charge in [0.1, 0.15) is 0 Å². The van der Waals surface area contributed by atoms with Crippen LogP contribution in [-0.2, 0) is 0 Å². The molecule has 0 spiro atoms. The van der Waals surface area contributed by atoms with Crippen molar-refractivity contribution < 1.29 is 0 Å². The van der Waals surface area contributed by atoms with E-state index >= 15 is 0 Å². The van der Waals surface area contributed by atoms with Crippen LogP contribution in [0.1, 0.15) is 32.1 Å². The van der Waals surface area contributed by atoms with Gasteiger partial charge in [0.15, 0.2) is 0 Å². The summed E-state index contributed by atoms with van der Waals surface area (Å²) >= 11 is 0. The third kappa shape index (κ3) is 6.15. The second-order valence-electron chi connectivity index (χ2n) is 3.09. The molecule has 0 heteroatoms. The van der Waals surface area contributed by atoms with Gasteiger partial charge in [0.2, 0.25) is 0 Å². The van der Waals surface area contributed by atoms with Crippen LogP contribution in [0.25, 0.3) is 0 Å². The molecule has 0 heterocycles. The Balaban J connectivity index is 2.38. The molecule has 0 unspecified atom stereocenters. The SMILES string of the molecule is [C]1=C/CC/C=C/C=C\C/C=C\CC/1. The van der Waals surface area contributed by atoms with E-state index in [0.29, 0.717) is 0 Å². The van der Waals surface area contributed by atoms with Crippen LogP contribution in [0, 0.1) is 6.08 Å². The Bertz CT molecular complexity index is 216. The minimum Gasteiger partial charge on any atom is -0.0879 e. The number of rotatable bonds is 0. The van der Waals surface area contributed by atoms with Gasteiger partial charge in [-0.25, -0.2) is 0 Å². The molecule has 1 aliphatic carbocycles. The molecule has 0 saturated carbocycles. The first-order valence-corrected chi connectivity index (χ1v) is 5.02. The zero-order valence-corrected chi connectivity index (χ0v) is 8.08. The Kier molecular flexibility index (Phi) is 5.87. The van der Waals surface area contributed by atoms with E-state index in [9.17, 15) is 0 Å². The molecule has 0 saturated heterocycles. The van der Waals surface area contributed by atoms with Crippen molar-refractivity contribution in [2.45, 2.75) is 32.1 Å². The fourth-order valence-corrected chi connectivity index (χ4v) is 1.17. The Morgan fingerprint density at radius 2 is 1.69 bits per heavy atom. The highest BCUT2D eigenvalue weighted by atomic mass is 13.9. The number of hydrogen-bond donors (Lipinski definition) is 0. The van der Waals surface area contributed by atoms with Gasteiger partial charge in [-0.3, -0.25) is 0 Å². The van der Waals surface area contributed by atoms with Gasteiger partial charge in [-0.1, -0.05) is 42.5 Å². The first-order valence-electron chi connectivity index (χ1n) is 5.02. The van der Waals surface area contributed by atoms with Crippen molar-refractivity contribution in [3.05, 3.63) is 48.6 Å². The molecular formula is C13H17. The van der Waals surface area contributed by atoms with Crippen molar-refractivity contribution in [2.24, 2.45) is 0 Å². The van der Waals surface area contributed by atoms with Gasteiger partial charge in [-0.2, -0.15) is 0 Å². The third-order valence-corrected chi connectivity index (χ3v) is 1.90. The first kappa shape index (κ1) is 10.0. The molecule has 0 aromatic carbocycles. The Morgan fingerprint density at radius 1 is 0.769 bits per heavy atom.